The zero-order valence-electron chi connectivity index (χ0n) is 16.7. The summed E-state index contributed by atoms with van der Waals surface area (Å²) < 4.78 is 10.9. The number of aromatic nitrogens is 1. The van der Waals surface area contributed by atoms with Crippen LogP contribution in [-0.2, 0) is 11.2 Å². The molecular weight excluding hydrogens is 352 g/mol. The van der Waals surface area contributed by atoms with E-state index in [0.717, 1.165) is 48.2 Å². The first-order valence-electron chi connectivity index (χ1n) is 10.2. The molecule has 1 aliphatic heterocycles. The fraction of sp³-hybridized carbons (Fsp3) is 0.478. The maximum Gasteiger partial charge on any atom is 0.337 e. The molecule has 1 saturated carbocycles. The number of nitrogens with zero attached hydrogens (tertiary/aromatic N) is 2. The highest BCUT2D eigenvalue weighted by atomic mass is 16.5. The number of hydrogen-bond acceptors (Lipinski definition) is 5. The summed E-state index contributed by atoms with van der Waals surface area (Å²) >= 11 is 0. The van der Waals surface area contributed by atoms with Crippen molar-refractivity contribution < 1.29 is 14.3 Å². The molecule has 0 bridgehead atoms. The molecule has 0 radical (unpaired) electrons. The average Bonchev–Trinajstić information content (AvgIpc) is 3.16. The molecule has 1 aliphatic carbocycles. The van der Waals surface area contributed by atoms with Crippen molar-refractivity contribution in [3.05, 3.63) is 47.8 Å². The molecule has 0 saturated heterocycles. The van der Waals surface area contributed by atoms with E-state index in [9.17, 15) is 4.79 Å². The molecule has 0 spiro atoms. The number of anilines is 2. The van der Waals surface area contributed by atoms with Gasteiger partial charge >= 0.3 is 5.97 Å². The number of hydrogen-bond donors (Lipinski definition) is 0. The standard InChI is InChI=1S/C23H28N2O3/c1-16-3-5-17(6-4-16)15-28-21-12-20(13-24-14-21)25-10-9-18-11-19(23(26)27-2)7-8-22(18)25/h7-8,11-14,16-17H,3-6,9-10,15H2,1-2H3/t16-,17-. The second kappa shape index (κ2) is 8.21. The molecule has 1 aromatic heterocycles. The molecule has 2 aromatic rings. The van der Waals surface area contributed by atoms with Crippen LogP contribution < -0.4 is 9.64 Å². The molecule has 4 rings (SSSR count). The molecule has 0 N–H and O–H groups in total. The third-order valence-corrected chi connectivity index (χ3v) is 6.03. The zero-order chi connectivity index (χ0) is 19.5. The summed E-state index contributed by atoms with van der Waals surface area (Å²) in [6, 6.07) is 7.81. The summed E-state index contributed by atoms with van der Waals surface area (Å²) in [5.41, 5.74) is 3.90. The van der Waals surface area contributed by atoms with Gasteiger partial charge in [-0.3, -0.25) is 4.98 Å². The minimum absolute atomic E-state index is 0.296. The van der Waals surface area contributed by atoms with Gasteiger partial charge in [0, 0.05) is 18.3 Å². The summed E-state index contributed by atoms with van der Waals surface area (Å²) in [5, 5.41) is 0. The van der Waals surface area contributed by atoms with Gasteiger partial charge in [0.2, 0.25) is 0 Å². The fourth-order valence-corrected chi connectivity index (χ4v) is 4.26. The highest BCUT2D eigenvalue weighted by molar-refractivity contribution is 5.90. The molecule has 0 atom stereocenters. The molecule has 5 heteroatoms. The summed E-state index contributed by atoms with van der Waals surface area (Å²) in [6.07, 6.45) is 9.71. The number of methoxy groups -OCH3 is 1. The van der Waals surface area contributed by atoms with Crippen molar-refractivity contribution in [2.24, 2.45) is 11.8 Å². The van der Waals surface area contributed by atoms with Crippen molar-refractivity contribution in [3.8, 4) is 5.75 Å². The van der Waals surface area contributed by atoms with Crippen LogP contribution >= 0.6 is 0 Å². The third kappa shape index (κ3) is 3.98. The minimum Gasteiger partial charge on any atom is -0.492 e. The van der Waals surface area contributed by atoms with Crippen LogP contribution in [0.2, 0.25) is 0 Å². The lowest BCUT2D eigenvalue weighted by molar-refractivity contribution is 0.0600. The Morgan fingerprint density at radius 3 is 2.79 bits per heavy atom. The summed E-state index contributed by atoms with van der Waals surface area (Å²) in [6.45, 7) is 3.98. The van der Waals surface area contributed by atoms with Crippen LogP contribution in [0.3, 0.4) is 0 Å². The Bertz CT molecular complexity index is 843. The van der Waals surface area contributed by atoms with E-state index < -0.39 is 0 Å². The van der Waals surface area contributed by atoms with Crippen molar-refractivity contribution in [2.45, 2.75) is 39.0 Å². The van der Waals surface area contributed by atoms with Crippen molar-refractivity contribution in [1.82, 2.24) is 4.98 Å². The van der Waals surface area contributed by atoms with Crippen molar-refractivity contribution in [2.75, 3.05) is 25.2 Å². The van der Waals surface area contributed by atoms with Crippen LogP contribution in [0.25, 0.3) is 0 Å². The van der Waals surface area contributed by atoms with E-state index in [2.05, 4.69) is 22.9 Å². The third-order valence-electron chi connectivity index (χ3n) is 6.03. The van der Waals surface area contributed by atoms with E-state index in [1.165, 1.54) is 32.8 Å². The summed E-state index contributed by atoms with van der Waals surface area (Å²) in [4.78, 5) is 18.4. The van der Waals surface area contributed by atoms with E-state index in [1.54, 1.807) is 6.20 Å². The van der Waals surface area contributed by atoms with Crippen LogP contribution in [0, 0.1) is 11.8 Å². The van der Waals surface area contributed by atoms with Crippen LogP contribution in [0.1, 0.15) is 48.5 Å². The van der Waals surface area contributed by atoms with E-state index >= 15 is 0 Å². The normalized spacial score (nSPS) is 21.3. The highest BCUT2D eigenvalue weighted by Gasteiger charge is 2.23. The number of fused-ring (bicyclic) bond motifs is 1. The van der Waals surface area contributed by atoms with Gasteiger partial charge in [0.05, 0.1) is 37.4 Å². The average molecular weight is 380 g/mol. The number of ether oxygens (including phenoxy) is 2. The molecular formula is C23H28N2O3. The molecule has 0 amide bonds. The monoisotopic (exact) mass is 380 g/mol. The largest absolute Gasteiger partial charge is 0.492 e. The second-order valence-electron chi connectivity index (χ2n) is 8.05. The van der Waals surface area contributed by atoms with Gasteiger partial charge in [0.25, 0.3) is 0 Å². The van der Waals surface area contributed by atoms with Crippen molar-refractivity contribution in [3.63, 3.8) is 0 Å². The zero-order valence-corrected chi connectivity index (χ0v) is 16.7. The molecule has 28 heavy (non-hydrogen) atoms. The van der Waals surface area contributed by atoms with Crippen molar-refractivity contribution in [1.29, 1.82) is 0 Å². The number of benzene rings is 1. The van der Waals surface area contributed by atoms with Gasteiger partial charge in [-0.05, 0) is 54.9 Å². The lowest BCUT2D eigenvalue weighted by Gasteiger charge is -2.26. The van der Waals surface area contributed by atoms with Gasteiger partial charge in [0.1, 0.15) is 5.75 Å². The maximum atomic E-state index is 11.8. The fourth-order valence-electron chi connectivity index (χ4n) is 4.26. The van der Waals surface area contributed by atoms with Crippen LogP contribution in [0.4, 0.5) is 11.4 Å². The lowest BCUT2D eigenvalue weighted by Crippen LogP contribution is -2.19. The molecule has 2 aliphatic rings. The molecule has 2 heterocycles. The smallest absolute Gasteiger partial charge is 0.337 e. The highest BCUT2D eigenvalue weighted by Crippen LogP contribution is 2.36. The quantitative estimate of drug-likeness (QED) is 0.700. The van der Waals surface area contributed by atoms with Crippen molar-refractivity contribution >= 4 is 17.3 Å². The number of carbonyl (C=O) groups is 1. The predicted octanol–water partition coefficient (Wildman–Crippen LogP) is 4.77. The van der Waals surface area contributed by atoms with Gasteiger partial charge < -0.3 is 14.4 Å². The number of rotatable bonds is 5. The Hall–Kier alpha value is -2.56. The Morgan fingerprint density at radius 2 is 2.00 bits per heavy atom. The van der Waals surface area contributed by atoms with Crippen LogP contribution in [0.15, 0.2) is 36.7 Å². The summed E-state index contributed by atoms with van der Waals surface area (Å²) in [7, 11) is 1.41. The van der Waals surface area contributed by atoms with Crippen LogP contribution in [0.5, 0.6) is 5.75 Å². The molecule has 5 nitrogen and oxygen atoms in total. The minimum atomic E-state index is -0.296. The topological polar surface area (TPSA) is 51.7 Å². The first-order valence-corrected chi connectivity index (χ1v) is 10.2. The maximum absolute atomic E-state index is 11.8. The predicted molar refractivity (Wildman–Crippen MR) is 109 cm³/mol. The molecule has 1 aromatic carbocycles. The number of pyridine rings is 1. The Morgan fingerprint density at radius 1 is 1.18 bits per heavy atom. The Labute approximate surface area is 166 Å². The lowest BCUT2D eigenvalue weighted by atomic mass is 9.83. The van der Waals surface area contributed by atoms with E-state index in [1.807, 2.05) is 24.4 Å². The molecule has 0 unspecified atom stereocenters. The molecule has 148 valence electrons. The first-order chi connectivity index (χ1) is 13.6. The van der Waals surface area contributed by atoms with Gasteiger partial charge in [-0.2, -0.15) is 0 Å². The van der Waals surface area contributed by atoms with Gasteiger partial charge in [0.15, 0.2) is 0 Å². The van der Waals surface area contributed by atoms with Gasteiger partial charge in [-0.25, -0.2) is 4.79 Å². The molecule has 1 fully saturated rings. The van der Waals surface area contributed by atoms with Gasteiger partial charge in [-0.15, -0.1) is 0 Å². The summed E-state index contributed by atoms with van der Waals surface area (Å²) in [5.74, 6) is 2.05. The number of esters is 1. The van der Waals surface area contributed by atoms with E-state index in [-0.39, 0.29) is 5.97 Å². The SMILES string of the molecule is COC(=O)c1ccc2c(c1)CCN2c1cncc(OC[C@H]2CC[C@H](C)CC2)c1. The van der Waals surface area contributed by atoms with E-state index in [4.69, 9.17) is 9.47 Å². The Balaban J connectivity index is 1.45. The van der Waals surface area contributed by atoms with Crippen LogP contribution in [-0.4, -0.2) is 31.2 Å². The number of carbonyl (C=O) groups excluding carboxylic acids is 1. The van der Waals surface area contributed by atoms with Gasteiger partial charge in [-0.1, -0.05) is 19.8 Å². The second-order valence-corrected chi connectivity index (χ2v) is 8.05. The van der Waals surface area contributed by atoms with E-state index in [0.29, 0.717) is 11.5 Å². The Kier molecular flexibility index (Phi) is 5.51. The first kappa shape index (κ1) is 18.8.